The first-order chi connectivity index (χ1) is 7.83. The summed E-state index contributed by atoms with van der Waals surface area (Å²) in [5.74, 6) is 0. The average molecular weight is 230 g/mol. The van der Waals surface area contributed by atoms with Crippen molar-refractivity contribution < 1.29 is 0 Å². The summed E-state index contributed by atoms with van der Waals surface area (Å²) < 4.78 is 0. The molecule has 0 atom stereocenters. The summed E-state index contributed by atoms with van der Waals surface area (Å²) >= 11 is 5.88. The monoisotopic (exact) mass is 229 g/mol. The van der Waals surface area contributed by atoms with Gasteiger partial charge in [-0.1, -0.05) is 35.9 Å². The van der Waals surface area contributed by atoms with Gasteiger partial charge in [0.25, 0.3) is 0 Å². The Kier molecular flexibility index (Phi) is 2.33. The third-order valence-corrected chi connectivity index (χ3v) is 3.25. The Morgan fingerprint density at radius 3 is 2.50 bits per heavy atom. The van der Waals surface area contributed by atoms with Gasteiger partial charge in [-0.05, 0) is 41.3 Å². The summed E-state index contributed by atoms with van der Waals surface area (Å²) in [5.41, 5.74) is 5.14. The van der Waals surface area contributed by atoms with Crippen molar-refractivity contribution in [1.29, 1.82) is 0 Å². The summed E-state index contributed by atoms with van der Waals surface area (Å²) in [4.78, 5) is 0. The molecule has 0 unspecified atom stereocenters. The maximum absolute atomic E-state index is 5.88. The second kappa shape index (κ2) is 3.84. The Bertz CT molecular complexity index is 517. The summed E-state index contributed by atoms with van der Waals surface area (Å²) in [5, 5.41) is 4.18. The Labute approximate surface area is 100 Å². The predicted molar refractivity (Wildman–Crippen MR) is 69.1 cm³/mol. The van der Waals surface area contributed by atoms with Gasteiger partial charge in [-0.25, -0.2) is 0 Å². The highest BCUT2D eigenvalue weighted by Crippen LogP contribution is 2.29. The van der Waals surface area contributed by atoms with Crippen LogP contribution in [-0.4, -0.2) is 6.54 Å². The molecule has 0 saturated carbocycles. The zero-order chi connectivity index (χ0) is 11.0. The lowest BCUT2D eigenvalue weighted by molar-refractivity contribution is 1.11. The van der Waals surface area contributed by atoms with Crippen LogP contribution in [-0.2, 0) is 6.42 Å². The molecule has 2 aromatic rings. The van der Waals surface area contributed by atoms with E-state index in [1.54, 1.807) is 0 Å². The van der Waals surface area contributed by atoms with E-state index in [4.69, 9.17) is 11.6 Å². The van der Waals surface area contributed by atoms with Crippen molar-refractivity contribution in [2.45, 2.75) is 6.42 Å². The lowest BCUT2D eigenvalue weighted by Gasteiger charge is -2.05. The topological polar surface area (TPSA) is 12.0 Å². The van der Waals surface area contributed by atoms with Crippen molar-refractivity contribution >= 4 is 17.3 Å². The van der Waals surface area contributed by atoms with Crippen LogP contribution < -0.4 is 5.32 Å². The molecule has 0 radical (unpaired) electrons. The van der Waals surface area contributed by atoms with E-state index in [-0.39, 0.29) is 0 Å². The third kappa shape index (κ3) is 1.68. The van der Waals surface area contributed by atoms with Gasteiger partial charge in [0.15, 0.2) is 0 Å². The molecule has 1 N–H and O–H groups in total. The number of anilines is 1. The lowest BCUT2D eigenvalue weighted by Crippen LogP contribution is -1.90. The van der Waals surface area contributed by atoms with E-state index in [0.29, 0.717) is 0 Å². The first kappa shape index (κ1) is 9.73. The van der Waals surface area contributed by atoms with Gasteiger partial charge in [-0.2, -0.15) is 0 Å². The largest absolute Gasteiger partial charge is 0.384 e. The molecule has 3 rings (SSSR count). The molecular formula is C14H12ClN. The molecular weight excluding hydrogens is 218 g/mol. The van der Waals surface area contributed by atoms with Gasteiger partial charge in [0.05, 0.1) is 0 Å². The molecule has 0 bridgehead atoms. The molecule has 0 aromatic heterocycles. The second-order valence-electron chi connectivity index (χ2n) is 4.06. The van der Waals surface area contributed by atoms with E-state index in [9.17, 15) is 0 Å². The van der Waals surface area contributed by atoms with Crippen molar-refractivity contribution in [3.63, 3.8) is 0 Å². The highest BCUT2D eigenvalue weighted by molar-refractivity contribution is 6.30. The minimum atomic E-state index is 0.781. The molecule has 0 saturated heterocycles. The van der Waals surface area contributed by atoms with Crippen LogP contribution in [0.1, 0.15) is 5.56 Å². The van der Waals surface area contributed by atoms with Crippen LogP contribution >= 0.6 is 11.6 Å². The number of hydrogen-bond donors (Lipinski definition) is 1. The SMILES string of the molecule is Clc1ccc(-c2ccc3c(c2)NCC3)cc1. The average Bonchev–Trinajstić information content (AvgIpc) is 2.77. The van der Waals surface area contributed by atoms with Gasteiger partial charge in [-0.3, -0.25) is 0 Å². The van der Waals surface area contributed by atoms with Crippen LogP contribution in [0.15, 0.2) is 42.5 Å². The van der Waals surface area contributed by atoms with E-state index in [0.717, 1.165) is 18.0 Å². The molecule has 16 heavy (non-hydrogen) atoms. The van der Waals surface area contributed by atoms with E-state index < -0.39 is 0 Å². The number of fused-ring (bicyclic) bond motifs is 1. The summed E-state index contributed by atoms with van der Waals surface area (Å²) in [6.07, 6.45) is 1.14. The molecule has 1 heterocycles. The first-order valence-corrected chi connectivity index (χ1v) is 5.83. The van der Waals surface area contributed by atoms with E-state index in [1.165, 1.54) is 22.4 Å². The standard InChI is InChI=1S/C14H12ClN/c15-13-5-3-10(4-6-13)12-2-1-11-7-8-16-14(11)9-12/h1-6,9,16H,7-8H2. The number of halogens is 1. The maximum Gasteiger partial charge on any atom is 0.0406 e. The highest BCUT2D eigenvalue weighted by Gasteiger charge is 2.10. The lowest BCUT2D eigenvalue weighted by atomic mass is 10.0. The number of rotatable bonds is 1. The van der Waals surface area contributed by atoms with Gasteiger partial charge < -0.3 is 5.32 Å². The quantitative estimate of drug-likeness (QED) is 0.780. The first-order valence-electron chi connectivity index (χ1n) is 5.46. The number of benzene rings is 2. The molecule has 2 heteroatoms. The fourth-order valence-electron chi connectivity index (χ4n) is 2.11. The molecule has 0 spiro atoms. The predicted octanol–water partition coefficient (Wildman–Crippen LogP) is 3.98. The smallest absolute Gasteiger partial charge is 0.0406 e. The summed E-state index contributed by atoms with van der Waals surface area (Å²) in [7, 11) is 0. The molecule has 0 aliphatic carbocycles. The Hall–Kier alpha value is -1.47. The van der Waals surface area contributed by atoms with Gasteiger partial charge in [0.1, 0.15) is 0 Å². The normalized spacial score (nSPS) is 13.3. The van der Waals surface area contributed by atoms with Crippen LogP contribution in [0.5, 0.6) is 0 Å². The van der Waals surface area contributed by atoms with Crippen LogP contribution in [0.3, 0.4) is 0 Å². The van der Waals surface area contributed by atoms with Crippen molar-refractivity contribution in [2.24, 2.45) is 0 Å². The third-order valence-electron chi connectivity index (χ3n) is 3.00. The molecule has 0 fully saturated rings. The van der Waals surface area contributed by atoms with Crippen molar-refractivity contribution in [2.75, 3.05) is 11.9 Å². The van der Waals surface area contributed by atoms with Crippen LogP contribution in [0.4, 0.5) is 5.69 Å². The molecule has 0 amide bonds. The Balaban J connectivity index is 2.03. The molecule has 1 aliphatic rings. The maximum atomic E-state index is 5.88. The zero-order valence-electron chi connectivity index (χ0n) is 8.83. The fourth-order valence-corrected chi connectivity index (χ4v) is 2.24. The van der Waals surface area contributed by atoms with E-state index in [1.807, 2.05) is 12.1 Å². The van der Waals surface area contributed by atoms with Crippen molar-refractivity contribution in [1.82, 2.24) is 0 Å². The minimum Gasteiger partial charge on any atom is -0.384 e. The van der Waals surface area contributed by atoms with Crippen molar-refractivity contribution in [3.8, 4) is 11.1 Å². The van der Waals surface area contributed by atoms with Crippen LogP contribution in [0, 0.1) is 0 Å². The van der Waals surface area contributed by atoms with E-state index >= 15 is 0 Å². The molecule has 2 aromatic carbocycles. The summed E-state index contributed by atoms with van der Waals surface area (Å²) in [6.45, 7) is 1.05. The molecule has 1 nitrogen and oxygen atoms in total. The zero-order valence-corrected chi connectivity index (χ0v) is 9.59. The second-order valence-corrected chi connectivity index (χ2v) is 4.49. The van der Waals surface area contributed by atoms with Gasteiger partial charge in [0, 0.05) is 17.3 Å². The van der Waals surface area contributed by atoms with Gasteiger partial charge in [0.2, 0.25) is 0 Å². The van der Waals surface area contributed by atoms with Gasteiger partial charge in [-0.15, -0.1) is 0 Å². The van der Waals surface area contributed by atoms with Gasteiger partial charge >= 0.3 is 0 Å². The Morgan fingerprint density at radius 1 is 0.938 bits per heavy atom. The minimum absolute atomic E-state index is 0.781. The summed E-state index contributed by atoms with van der Waals surface area (Å²) in [6, 6.07) is 14.6. The fraction of sp³-hybridized carbons (Fsp3) is 0.143. The Morgan fingerprint density at radius 2 is 1.69 bits per heavy atom. The highest BCUT2D eigenvalue weighted by atomic mass is 35.5. The molecule has 80 valence electrons. The number of hydrogen-bond acceptors (Lipinski definition) is 1. The number of nitrogens with one attached hydrogen (secondary N) is 1. The van der Waals surface area contributed by atoms with E-state index in [2.05, 4.69) is 35.6 Å². The van der Waals surface area contributed by atoms with Crippen molar-refractivity contribution in [3.05, 3.63) is 53.1 Å². The van der Waals surface area contributed by atoms with Crippen LogP contribution in [0.2, 0.25) is 5.02 Å². The molecule has 1 aliphatic heterocycles. The van der Waals surface area contributed by atoms with Crippen LogP contribution in [0.25, 0.3) is 11.1 Å².